The molecule has 0 amide bonds. The Kier molecular flexibility index (Phi) is 2.43. The summed E-state index contributed by atoms with van der Waals surface area (Å²) in [5, 5.41) is 0. The third kappa shape index (κ3) is 1.56. The van der Waals surface area contributed by atoms with Crippen LogP contribution in [0.1, 0.15) is 5.56 Å². The Hall–Kier alpha value is -0.850. The van der Waals surface area contributed by atoms with Crippen molar-refractivity contribution in [2.45, 2.75) is 0 Å². The second kappa shape index (κ2) is 3.35. The van der Waals surface area contributed by atoms with E-state index in [1.54, 1.807) is 5.94 Å². The number of hydrogen-bond acceptors (Lipinski definition) is 1. The number of halogens is 1. The highest BCUT2D eigenvalue weighted by molar-refractivity contribution is 9.15. The molecule has 0 unspecified atom stereocenters. The van der Waals surface area contributed by atoms with Gasteiger partial charge in [0.15, 0.2) is 0 Å². The van der Waals surface area contributed by atoms with Gasteiger partial charge in [0, 0.05) is 0 Å². The Morgan fingerprint density at radius 3 is 2.40 bits per heavy atom. The molecule has 10 heavy (non-hydrogen) atoms. The Morgan fingerprint density at radius 1 is 1.30 bits per heavy atom. The zero-order valence-electron chi connectivity index (χ0n) is 5.17. The van der Waals surface area contributed by atoms with Gasteiger partial charge in [-0.2, -0.15) is 0 Å². The molecule has 0 aromatic heterocycles. The summed E-state index contributed by atoms with van der Waals surface area (Å²) in [5.41, 5.74) is 0.859. The van der Waals surface area contributed by atoms with E-state index in [1.807, 2.05) is 30.3 Å². The second-order valence-electron chi connectivity index (χ2n) is 1.78. The van der Waals surface area contributed by atoms with Crippen LogP contribution in [0.3, 0.4) is 0 Å². The molecule has 0 saturated heterocycles. The Labute approximate surface area is 67.5 Å². The second-order valence-corrected chi connectivity index (χ2v) is 2.58. The smallest absolute Gasteiger partial charge is 0.140 e. The third-order valence-corrected chi connectivity index (χ3v) is 1.74. The van der Waals surface area contributed by atoms with Crippen LogP contribution in [0.2, 0.25) is 0 Å². The zero-order chi connectivity index (χ0) is 7.40. The molecule has 2 heteroatoms. The lowest BCUT2D eigenvalue weighted by molar-refractivity contribution is 0.570. The molecular weight excluding hydrogens is 192 g/mol. The van der Waals surface area contributed by atoms with Crippen LogP contribution >= 0.6 is 15.9 Å². The number of hydrogen-bond donors (Lipinski definition) is 0. The fourth-order valence-electron chi connectivity index (χ4n) is 0.643. The van der Waals surface area contributed by atoms with Crippen molar-refractivity contribution >= 4 is 26.4 Å². The first-order valence-corrected chi connectivity index (χ1v) is 3.60. The molecule has 1 aromatic carbocycles. The average Bonchev–Trinajstić information content (AvgIpc) is 2.05. The molecule has 0 radical (unpaired) electrons. The molecule has 1 aromatic rings. The van der Waals surface area contributed by atoms with Crippen molar-refractivity contribution < 1.29 is 4.79 Å². The highest BCUT2D eigenvalue weighted by Crippen LogP contribution is 2.15. The average molecular weight is 197 g/mol. The minimum Gasteiger partial charge on any atom is -0.232 e. The van der Waals surface area contributed by atoms with E-state index >= 15 is 0 Å². The van der Waals surface area contributed by atoms with Crippen molar-refractivity contribution in [3.05, 3.63) is 35.9 Å². The maximum atomic E-state index is 10.1. The van der Waals surface area contributed by atoms with Crippen LogP contribution < -0.4 is 0 Å². The largest absolute Gasteiger partial charge is 0.232 e. The third-order valence-electron chi connectivity index (χ3n) is 1.12. The topological polar surface area (TPSA) is 17.1 Å². The minimum atomic E-state index is 0.466. The summed E-state index contributed by atoms with van der Waals surface area (Å²) in [6, 6.07) is 9.32. The SMILES string of the molecule is O=C=C(Br)c1ccccc1. The summed E-state index contributed by atoms with van der Waals surface area (Å²) in [6.45, 7) is 0. The van der Waals surface area contributed by atoms with Crippen molar-refractivity contribution in [3.63, 3.8) is 0 Å². The van der Waals surface area contributed by atoms with E-state index in [4.69, 9.17) is 0 Å². The van der Waals surface area contributed by atoms with Gasteiger partial charge in [0.1, 0.15) is 10.4 Å². The van der Waals surface area contributed by atoms with Gasteiger partial charge >= 0.3 is 0 Å². The monoisotopic (exact) mass is 196 g/mol. The summed E-state index contributed by atoms with van der Waals surface area (Å²) in [6.07, 6.45) is 0. The Balaban J connectivity index is 3.08. The molecule has 1 rings (SSSR count). The van der Waals surface area contributed by atoms with Gasteiger partial charge in [-0.3, -0.25) is 0 Å². The molecule has 50 valence electrons. The lowest BCUT2D eigenvalue weighted by atomic mass is 10.2. The maximum Gasteiger partial charge on any atom is 0.140 e. The van der Waals surface area contributed by atoms with Crippen LogP contribution in [-0.4, -0.2) is 5.94 Å². The van der Waals surface area contributed by atoms with Gasteiger partial charge in [-0.25, -0.2) is 4.79 Å². The van der Waals surface area contributed by atoms with Gasteiger partial charge in [0.25, 0.3) is 0 Å². The molecule has 0 saturated carbocycles. The molecule has 0 fully saturated rings. The number of benzene rings is 1. The van der Waals surface area contributed by atoms with Crippen molar-refractivity contribution in [2.75, 3.05) is 0 Å². The Bertz CT molecular complexity index is 260. The van der Waals surface area contributed by atoms with E-state index in [0.29, 0.717) is 4.48 Å². The fraction of sp³-hybridized carbons (Fsp3) is 0. The van der Waals surface area contributed by atoms with Gasteiger partial charge < -0.3 is 0 Å². The number of carbonyl (C=O) groups excluding carboxylic acids is 1. The van der Waals surface area contributed by atoms with E-state index in [1.165, 1.54) is 0 Å². The predicted octanol–water partition coefficient (Wildman–Crippen LogP) is 2.25. The van der Waals surface area contributed by atoms with Crippen molar-refractivity contribution in [1.29, 1.82) is 0 Å². The zero-order valence-corrected chi connectivity index (χ0v) is 6.76. The first-order valence-electron chi connectivity index (χ1n) is 2.80. The van der Waals surface area contributed by atoms with E-state index in [-0.39, 0.29) is 0 Å². The lowest BCUT2D eigenvalue weighted by Crippen LogP contribution is -1.73. The molecule has 0 aliphatic rings. The minimum absolute atomic E-state index is 0.466. The molecule has 0 N–H and O–H groups in total. The summed E-state index contributed by atoms with van der Waals surface area (Å²) in [5.74, 6) is 1.76. The van der Waals surface area contributed by atoms with Crippen molar-refractivity contribution in [2.24, 2.45) is 0 Å². The van der Waals surface area contributed by atoms with Gasteiger partial charge in [0.05, 0.1) is 0 Å². The molecule has 0 spiro atoms. The van der Waals surface area contributed by atoms with Gasteiger partial charge in [-0.15, -0.1) is 0 Å². The van der Waals surface area contributed by atoms with Crippen LogP contribution in [0, 0.1) is 0 Å². The summed E-state index contributed by atoms with van der Waals surface area (Å²) < 4.78 is 0.466. The maximum absolute atomic E-state index is 10.1. The van der Waals surface area contributed by atoms with Crippen LogP contribution in [0.25, 0.3) is 4.48 Å². The standard InChI is InChI=1S/C8H5BrO/c9-8(6-10)7-4-2-1-3-5-7/h1-5H. The van der Waals surface area contributed by atoms with Crippen LogP contribution in [0.4, 0.5) is 0 Å². The summed E-state index contributed by atoms with van der Waals surface area (Å²) >= 11 is 3.08. The molecular formula is C8H5BrO. The van der Waals surface area contributed by atoms with Gasteiger partial charge in [-0.05, 0) is 21.5 Å². The Morgan fingerprint density at radius 2 is 1.90 bits per heavy atom. The highest BCUT2D eigenvalue weighted by Gasteiger charge is 1.93. The summed E-state index contributed by atoms with van der Waals surface area (Å²) in [4.78, 5) is 10.1. The van der Waals surface area contributed by atoms with Crippen LogP contribution in [0.15, 0.2) is 30.3 Å². The molecule has 0 aliphatic carbocycles. The normalized spacial score (nSPS) is 8.50. The fourth-order valence-corrected chi connectivity index (χ4v) is 0.908. The van der Waals surface area contributed by atoms with E-state index in [0.717, 1.165) is 5.56 Å². The highest BCUT2D eigenvalue weighted by atomic mass is 79.9. The quantitative estimate of drug-likeness (QED) is 0.631. The van der Waals surface area contributed by atoms with Gasteiger partial charge in [0.2, 0.25) is 0 Å². The first kappa shape index (κ1) is 7.26. The molecule has 0 bridgehead atoms. The first-order chi connectivity index (χ1) is 4.84. The number of rotatable bonds is 1. The van der Waals surface area contributed by atoms with Gasteiger partial charge in [-0.1, -0.05) is 30.3 Å². The van der Waals surface area contributed by atoms with Crippen molar-refractivity contribution in [1.82, 2.24) is 0 Å². The van der Waals surface area contributed by atoms with E-state index in [2.05, 4.69) is 15.9 Å². The van der Waals surface area contributed by atoms with E-state index < -0.39 is 0 Å². The summed E-state index contributed by atoms with van der Waals surface area (Å²) in [7, 11) is 0. The van der Waals surface area contributed by atoms with Crippen molar-refractivity contribution in [3.8, 4) is 0 Å². The molecule has 1 nitrogen and oxygen atoms in total. The molecule has 0 atom stereocenters. The lowest BCUT2D eigenvalue weighted by Gasteiger charge is -1.90. The molecule has 0 heterocycles. The predicted molar refractivity (Wildman–Crippen MR) is 44.5 cm³/mol. The van der Waals surface area contributed by atoms with E-state index in [9.17, 15) is 4.79 Å². The molecule has 0 aliphatic heterocycles. The van der Waals surface area contributed by atoms with Crippen LogP contribution in [0.5, 0.6) is 0 Å². The van der Waals surface area contributed by atoms with Crippen LogP contribution in [-0.2, 0) is 4.79 Å².